The fraction of sp³-hybridized carbons (Fsp3) is 0.800. The molecule has 0 aromatic rings. The van der Waals surface area contributed by atoms with E-state index in [0.717, 1.165) is 23.5 Å². The average Bonchev–Trinajstić information content (AvgIpc) is 2.13. The van der Waals surface area contributed by atoms with Crippen LogP contribution in [0.15, 0.2) is 12.7 Å². The van der Waals surface area contributed by atoms with Crippen molar-refractivity contribution in [3.8, 4) is 0 Å². The average molecular weight is 186 g/mol. The van der Waals surface area contributed by atoms with Crippen LogP contribution in [0.25, 0.3) is 0 Å². The number of hydrogen-bond acceptors (Lipinski definition) is 1. The van der Waals surface area contributed by atoms with E-state index in [1.54, 1.807) is 0 Å². The highest BCUT2D eigenvalue weighted by molar-refractivity contribution is 5.97. The molecule has 0 amide bonds. The zero-order valence-corrected chi connectivity index (χ0v) is 10.7. The maximum Gasteiger partial charge on any atom is 0.146 e. The molecule has 0 saturated heterocycles. The molecular weight excluding hydrogens is 164 g/mol. The van der Waals surface area contributed by atoms with Crippen molar-refractivity contribution in [1.29, 1.82) is 0 Å². The summed E-state index contributed by atoms with van der Waals surface area (Å²) >= 11 is 0. The third kappa shape index (κ3) is 3.54. The van der Waals surface area contributed by atoms with E-state index in [4.69, 9.17) is 4.43 Å². The lowest BCUT2D eigenvalue weighted by Gasteiger charge is -2.28. The molecule has 0 aromatic carbocycles. The van der Waals surface area contributed by atoms with E-state index in [1.165, 1.54) is 19.3 Å². The highest BCUT2D eigenvalue weighted by Gasteiger charge is 2.22. The summed E-state index contributed by atoms with van der Waals surface area (Å²) in [5, 5.41) is 0. The zero-order chi connectivity index (χ0) is 9.45. The minimum atomic E-state index is 0.262. The van der Waals surface area contributed by atoms with Crippen LogP contribution < -0.4 is 0 Å². The molecule has 0 saturated carbocycles. The Labute approximate surface area is 79.7 Å². The van der Waals surface area contributed by atoms with Gasteiger partial charge in [0.1, 0.15) is 10.5 Å². The maximum absolute atomic E-state index is 5.35. The van der Waals surface area contributed by atoms with Crippen molar-refractivity contribution in [3.05, 3.63) is 12.7 Å². The standard InChI is InChI=1S/C10H22OSi/c1-4-7-8-10(5-2,6-3)9-11-12/h5H,2,4,6-9H2,1,3,12H3. The molecule has 2 heteroatoms. The van der Waals surface area contributed by atoms with E-state index in [1.807, 2.05) is 0 Å². The van der Waals surface area contributed by atoms with Gasteiger partial charge in [-0.3, -0.25) is 0 Å². The van der Waals surface area contributed by atoms with E-state index >= 15 is 0 Å². The molecule has 0 fully saturated rings. The fourth-order valence-corrected chi connectivity index (χ4v) is 2.05. The van der Waals surface area contributed by atoms with E-state index in [0.29, 0.717) is 0 Å². The van der Waals surface area contributed by atoms with Crippen LogP contribution in [0, 0.1) is 5.41 Å². The second-order valence-corrected chi connectivity index (χ2v) is 4.03. The van der Waals surface area contributed by atoms with Crippen LogP contribution in [0.1, 0.15) is 39.5 Å². The first-order chi connectivity index (χ1) is 5.74. The third-order valence-corrected chi connectivity index (χ3v) is 2.89. The molecule has 0 aliphatic heterocycles. The second kappa shape index (κ2) is 6.43. The number of hydrogen-bond donors (Lipinski definition) is 0. The highest BCUT2D eigenvalue weighted by atomic mass is 28.2. The third-order valence-electron chi connectivity index (χ3n) is 2.60. The molecule has 0 bridgehead atoms. The monoisotopic (exact) mass is 186 g/mol. The second-order valence-electron chi connectivity index (χ2n) is 3.46. The van der Waals surface area contributed by atoms with Gasteiger partial charge in [-0.25, -0.2) is 0 Å². The summed E-state index contributed by atoms with van der Waals surface area (Å²) in [6, 6.07) is 0. The molecule has 0 rings (SSSR count). The molecule has 72 valence electrons. The minimum absolute atomic E-state index is 0.262. The van der Waals surface area contributed by atoms with Gasteiger partial charge in [-0.2, -0.15) is 0 Å². The predicted octanol–water partition coefficient (Wildman–Crippen LogP) is 2.06. The Hall–Kier alpha value is -0.0831. The molecule has 12 heavy (non-hydrogen) atoms. The van der Waals surface area contributed by atoms with Crippen molar-refractivity contribution in [2.75, 3.05) is 6.61 Å². The van der Waals surface area contributed by atoms with Crippen LogP contribution in [0.4, 0.5) is 0 Å². The summed E-state index contributed by atoms with van der Waals surface area (Å²) in [5.41, 5.74) is 0.262. The summed E-state index contributed by atoms with van der Waals surface area (Å²) in [6.45, 7) is 9.23. The normalized spacial score (nSPS) is 15.8. The molecule has 0 radical (unpaired) electrons. The zero-order valence-electron chi connectivity index (χ0n) is 8.73. The summed E-state index contributed by atoms with van der Waals surface area (Å²) in [4.78, 5) is 0. The van der Waals surface area contributed by atoms with E-state index in [9.17, 15) is 0 Å². The van der Waals surface area contributed by atoms with Gasteiger partial charge in [-0.15, -0.1) is 6.58 Å². The Morgan fingerprint density at radius 3 is 2.50 bits per heavy atom. The largest absolute Gasteiger partial charge is 0.427 e. The SMILES string of the molecule is C=CC(CC)(CCCC)CO[SiH3]. The maximum atomic E-state index is 5.35. The van der Waals surface area contributed by atoms with Gasteiger partial charge in [0.15, 0.2) is 0 Å². The topological polar surface area (TPSA) is 9.23 Å². The predicted molar refractivity (Wildman–Crippen MR) is 58.3 cm³/mol. The molecule has 0 aliphatic rings. The smallest absolute Gasteiger partial charge is 0.146 e. The molecule has 1 unspecified atom stereocenters. The van der Waals surface area contributed by atoms with Crippen molar-refractivity contribution < 1.29 is 4.43 Å². The summed E-state index contributed by atoms with van der Waals surface area (Å²) in [7, 11) is 0.840. The van der Waals surface area contributed by atoms with Gasteiger partial charge in [0.2, 0.25) is 0 Å². The first-order valence-corrected chi connectivity index (χ1v) is 5.69. The Kier molecular flexibility index (Phi) is 6.39. The van der Waals surface area contributed by atoms with Gasteiger partial charge >= 0.3 is 0 Å². The van der Waals surface area contributed by atoms with Crippen LogP contribution in [0.5, 0.6) is 0 Å². The van der Waals surface area contributed by atoms with Crippen LogP contribution in [0.2, 0.25) is 0 Å². The summed E-state index contributed by atoms with van der Waals surface area (Å²) < 4.78 is 5.35. The minimum Gasteiger partial charge on any atom is -0.427 e. The molecular formula is C10H22OSi. The molecule has 0 heterocycles. The van der Waals surface area contributed by atoms with Crippen LogP contribution in [0.3, 0.4) is 0 Å². The van der Waals surface area contributed by atoms with Gasteiger partial charge in [0.25, 0.3) is 0 Å². The van der Waals surface area contributed by atoms with Crippen LogP contribution in [-0.4, -0.2) is 17.1 Å². The summed E-state index contributed by atoms with van der Waals surface area (Å²) in [5.74, 6) is 0. The summed E-state index contributed by atoms with van der Waals surface area (Å²) in [6.07, 6.45) is 7.01. The van der Waals surface area contributed by atoms with Crippen molar-refractivity contribution in [3.63, 3.8) is 0 Å². The van der Waals surface area contributed by atoms with Crippen molar-refractivity contribution >= 4 is 10.5 Å². The lowest BCUT2D eigenvalue weighted by atomic mass is 9.81. The van der Waals surface area contributed by atoms with Gasteiger partial charge in [0.05, 0.1) is 0 Å². The van der Waals surface area contributed by atoms with Crippen molar-refractivity contribution in [1.82, 2.24) is 0 Å². The van der Waals surface area contributed by atoms with Crippen molar-refractivity contribution in [2.24, 2.45) is 5.41 Å². The first-order valence-electron chi connectivity index (χ1n) is 4.87. The number of rotatable bonds is 7. The molecule has 0 aliphatic carbocycles. The van der Waals surface area contributed by atoms with Gasteiger partial charge < -0.3 is 4.43 Å². The lowest BCUT2D eigenvalue weighted by molar-refractivity contribution is 0.183. The van der Waals surface area contributed by atoms with Crippen LogP contribution >= 0.6 is 0 Å². The molecule has 1 nitrogen and oxygen atoms in total. The Morgan fingerprint density at radius 2 is 2.17 bits per heavy atom. The fourth-order valence-electron chi connectivity index (χ4n) is 1.47. The van der Waals surface area contributed by atoms with Gasteiger partial charge in [0, 0.05) is 12.0 Å². The first kappa shape index (κ1) is 11.9. The van der Waals surface area contributed by atoms with Gasteiger partial charge in [-0.1, -0.05) is 32.8 Å². The van der Waals surface area contributed by atoms with Crippen molar-refractivity contribution in [2.45, 2.75) is 39.5 Å². The lowest BCUT2D eigenvalue weighted by Crippen LogP contribution is -2.23. The van der Waals surface area contributed by atoms with E-state index in [2.05, 4.69) is 26.5 Å². The Balaban J connectivity index is 4.04. The Bertz CT molecular complexity index is 125. The number of unbranched alkanes of at least 4 members (excludes halogenated alkanes) is 1. The quantitative estimate of drug-likeness (QED) is 0.437. The van der Waals surface area contributed by atoms with Gasteiger partial charge in [-0.05, 0) is 12.8 Å². The Morgan fingerprint density at radius 1 is 1.50 bits per heavy atom. The molecule has 0 N–H and O–H groups in total. The van der Waals surface area contributed by atoms with E-state index < -0.39 is 0 Å². The molecule has 0 spiro atoms. The van der Waals surface area contributed by atoms with E-state index in [-0.39, 0.29) is 5.41 Å². The molecule has 1 atom stereocenters. The molecule has 0 aromatic heterocycles. The van der Waals surface area contributed by atoms with Crippen LogP contribution in [-0.2, 0) is 4.43 Å². The highest BCUT2D eigenvalue weighted by Crippen LogP contribution is 2.30.